The number of hydrogen-bond donors (Lipinski definition) is 3. The highest BCUT2D eigenvalue weighted by Crippen LogP contribution is 2.29. The summed E-state index contributed by atoms with van der Waals surface area (Å²) in [5.41, 5.74) is 2.67. The van der Waals surface area contributed by atoms with Gasteiger partial charge in [-0.25, -0.2) is 14.2 Å². The maximum Gasteiger partial charge on any atom is 0.407 e. The topological polar surface area (TPSA) is 112 Å². The van der Waals surface area contributed by atoms with Crippen LogP contribution in [0.5, 0.6) is 0 Å². The molecular weight excluding hydrogens is 393 g/mol. The lowest BCUT2D eigenvalue weighted by molar-refractivity contribution is -0.0214. The number of carbonyl (C=O) groups is 2. The SMILES string of the molecule is CNC(=O)c1c[nH]c(-c2nc3cc(C)ccn3c2CC2CN(C(=O)O)CCO2)c1F. The smallest absolute Gasteiger partial charge is 0.407 e. The second kappa shape index (κ2) is 7.79. The van der Waals surface area contributed by atoms with Crippen LogP contribution in [0.15, 0.2) is 24.5 Å². The van der Waals surface area contributed by atoms with Crippen molar-refractivity contribution < 1.29 is 23.8 Å². The monoisotopic (exact) mass is 415 g/mol. The number of aryl methyl sites for hydroxylation is 1. The Morgan fingerprint density at radius 1 is 1.47 bits per heavy atom. The van der Waals surface area contributed by atoms with Crippen LogP contribution in [-0.4, -0.2) is 69.2 Å². The number of H-pyrrole nitrogens is 1. The van der Waals surface area contributed by atoms with Crippen molar-refractivity contribution in [2.24, 2.45) is 0 Å². The Morgan fingerprint density at radius 3 is 3.00 bits per heavy atom. The number of imidazole rings is 1. The standard InChI is InChI=1S/C20H22FN5O4/c1-11-3-4-26-14(8-12-10-25(20(28)29)5-6-30-12)17(24-15(26)7-11)18-16(21)13(9-23-18)19(27)22-2/h3-4,7,9,12,23H,5-6,8,10H2,1-2H3,(H,22,27)(H,28,29). The van der Waals surface area contributed by atoms with Crippen molar-refractivity contribution in [2.45, 2.75) is 19.4 Å². The van der Waals surface area contributed by atoms with Gasteiger partial charge in [0.15, 0.2) is 5.82 Å². The Balaban J connectivity index is 1.78. The van der Waals surface area contributed by atoms with Crippen LogP contribution in [0.3, 0.4) is 0 Å². The molecule has 0 radical (unpaired) electrons. The third kappa shape index (κ3) is 3.50. The zero-order chi connectivity index (χ0) is 21.4. The van der Waals surface area contributed by atoms with Crippen molar-refractivity contribution in [3.63, 3.8) is 0 Å². The molecule has 0 spiro atoms. The van der Waals surface area contributed by atoms with Gasteiger partial charge in [-0.15, -0.1) is 0 Å². The summed E-state index contributed by atoms with van der Waals surface area (Å²) in [5.74, 6) is -1.23. The molecule has 1 saturated heterocycles. The van der Waals surface area contributed by atoms with Gasteiger partial charge in [0.05, 0.1) is 30.5 Å². The summed E-state index contributed by atoms with van der Waals surface area (Å²) in [6.45, 7) is 2.75. The molecule has 0 aromatic carbocycles. The van der Waals surface area contributed by atoms with Crippen molar-refractivity contribution >= 4 is 17.6 Å². The van der Waals surface area contributed by atoms with E-state index in [1.165, 1.54) is 18.1 Å². The molecule has 1 atom stereocenters. The molecular formula is C20H22FN5O4. The fourth-order valence-electron chi connectivity index (χ4n) is 3.70. The minimum Gasteiger partial charge on any atom is -0.465 e. The maximum absolute atomic E-state index is 15.0. The lowest BCUT2D eigenvalue weighted by atomic mass is 10.1. The van der Waals surface area contributed by atoms with E-state index < -0.39 is 23.9 Å². The number of rotatable bonds is 4. The van der Waals surface area contributed by atoms with Crippen LogP contribution < -0.4 is 5.32 Å². The summed E-state index contributed by atoms with van der Waals surface area (Å²) in [5, 5.41) is 11.7. The molecule has 0 aliphatic carbocycles. The van der Waals surface area contributed by atoms with Crippen LogP contribution in [0.1, 0.15) is 21.6 Å². The van der Waals surface area contributed by atoms with Gasteiger partial charge in [0.2, 0.25) is 0 Å². The number of halogens is 1. The van der Waals surface area contributed by atoms with Gasteiger partial charge >= 0.3 is 6.09 Å². The lowest BCUT2D eigenvalue weighted by Crippen LogP contribution is -2.45. The number of morpholine rings is 1. The highest BCUT2D eigenvalue weighted by atomic mass is 19.1. The van der Waals surface area contributed by atoms with Gasteiger partial charge in [0.25, 0.3) is 5.91 Å². The highest BCUT2D eigenvalue weighted by molar-refractivity contribution is 5.95. The number of aromatic amines is 1. The van der Waals surface area contributed by atoms with E-state index in [1.54, 1.807) is 0 Å². The molecule has 2 amide bonds. The second-order valence-electron chi connectivity index (χ2n) is 7.24. The van der Waals surface area contributed by atoms with Crippen LogP contribution >= 0.6 is 0 Å². The van der Waals surface area contributed by atoms with E-state index >= 15 is 4.39 Å². The summed E-state index contributed by atoms with van der Waals surface area (Å²) < 4.78 is 22.6. The van der Waals surface area contributed by atoms with E-state index in [-0.39, 0.29) is 17.8 Å². The van der Waals surface area contributed by atoms with Gasteiger partial charge in [0.1, 0.15) is 17.0 Å². The average molecular weight is 415 g/mol. The number of pyridine rings is 1. The van der Waals surface area contributed by atoms with Crippen LogP contribution in [0.25, 0.3) is 17.0 Å². The molecule has 1 aliphatic rings. The number of carbonyl (C=O) groups excluding carboxylic acids is 1. The fraction of sp³-hybridized carbons (Fsp3) is 0.350. The molecule has 10 heteroatoms. The largest absolute Gasteiger partial charge is 0.465 e. The Bertz CT molecular complexity index is 1120. The first-order chi connectivity index (χ1) is 14.4. The summed E-state index contributed by atoms with van der Waals surface area (Å²) in [6, 6.07) is 3.78. The molecule has 4 rings (SSSR count). The average Bonchev–Trinajstić information content (AvgIpc) is 3.27. The summed E-state index contributed by atoms with van der Waals surface area (Å²) in [4.78, 5) is 32.0. The molecule has 0 saturated carbocycles. The minimum absolute atomic E-state index is 0.0994. The van der Waals surface area contributed by atoms with E-state index in [9.17, 15) is 14.7 Å². The van der Waals surface area contributed by atoms with E-state index in [2.05, 4.69) is 15.3 Å². The quantitative estimate of drug-likeness (QED) is 0.604. The first-order valence-corrected chi connectivity index (χ1v) is 9.55. The highest BCUT2D eigenvalue weighted by Gasteiger charge is 2.28. The van der Waals surface area contributed by atoms with Gasteiger partial charge in [-0.3, -0.25) is 4.79 Å². The third-order valence-corrected chi connectivity index (χ3v) is 5.24. The summed E-state index contributed by atoms with van der Waals surface area (Å²) >= 11 is 0. The number of hydrogen-bond acceptors (Lipinski definition) is 4. The lowest BCUT2D eigenvalue weighted by Gasteiger charge is -2.31. The van der Waals surface area contributed by atoms with E-state index in [0.29, 0.717) is 36.6 Å². The number of ether oxygens (including phenoxy) is 1. The third-order valence-electron chi connectivity index (χ3n) is 5.24. The molecule has 3 aromatic heterocycles. The fourth-order valence-corrected chi connectivity index (χ4v) is 3.70. The molecule has 0 bridgehead atoms. The number of nitrogens with zero attached hydrogens (tertiary/aromatic N) is 3. The van der Waals surface area contributed by atoms with Crippen molar-refractivity contribution in [1.82, 2.24) is 24.6 Å². The minimum atomic E-state index is -0.997. The molecule has 3 aromatic rings. The number of nitrogens with one attached hydrogen (secondary N) is 2. The van der Waals surface area contributed by atoms with E-state index in [4.69, 9.17) is 4.74 Å². The van der Waals surface area contributed by atoms with Crippen molar-refractivity contribution in [3.8, 4) is 11.4 Å². The predicted molar refractivity (Wildman–Crippen MR) is 106 cm³/mol. The van der Waals surface area contributed by atoms with Gasteiger partial charge < -0.3 is 29.4 Å². The molecule has 9 nitrogen and oxygen atoms in total. The van der Waals surface area contributed by atoms with Crippen LogP contribution in [0, 0.1) is 12.7 Å². The number of amides is 2. The first kappa shape index (κ1) is 19.9. The number of carboxylic acid groups (broad SMARTS) is 1. The van der Waals surface area contributed by atoms with E-state index in [1.807, 2.05) is 29.7 Å². The number of fused-ring (bicyclic) bond motifs is 1. The van der Waals surface area contributed by atoms with Gasteiger partial charge in [0, 0.05) is 32.4 Å². The Morgan fingerprint density at radius 2 is 2.27 bits per heavy atom. The van der Waals surface area contributed by atoms with E-state index in [0.717, 1.165) is 5.56 Å². The Labute approximate surface area is 171 Å². The maximum atomic E-state index is 15.0. The molecule has 1 fully saturated rings. The van der Waals surface area contributed by atoms with Crippen LogP contribution in [-0.2, 0) is 11.2 Å². The Hall–Kier alpha value is -3.40. The summed E-state index contributed by atoms with van der Waals surface area (Å²) in [6.07, 6.45) is 2.09. The molecule has 3 N–H and O–H groups in total. The molecule has 1 unspecified atom stereocenters. The normalized spacial score (nSPS) is 16.8. The Kier molecular flexibility index (Phi) is 5.17. The van der Waals surface area contributed by atoms with Crippen molar-refractivity contribution in [2.75, 3.05) is 26.7 Å². The van der Waals surface area contributed by atoms with Gasteiger partial charge in [-0.2, -0.15) is 0 Å². The molecule has 4 heterocycles. The molecule has 30 heavy (non-hydrogen) atoms. The molecule has 1 aliphatic heterocycles. The molecule has 158 valence electrons. The zero-order valence-electron chi connectivity index (χ0n) is 16.6. The van der Waals surface area contributed by atoms with Crippen molar-refractivity contribution in [1.29, 1.82) is 0 Å². The number of aromatic nitrogens is 3. The predicted octanol–water partition coefficient (Wildman–Crippen LogP) is 2.06. The second-order valence-corrected chi connectivity index (χ2v) is 7.24. The summed E-state index contributed by atoms with van der Waals surface area (Å²) in [7, 11) is 1.43. The zero-order valence-corrected chi connectivity index (χ0v) is 16.6. The van der Waals surface area contributed by atoms with Gasteiger partial charge in [-0.05, 0) is 24.6 Å². The van der Waals surface area contributed by atoms with Gasteiger partial charge in [-0.1, -0.05) is 0 Å². The van der Waals surface area contributed by atoms with Crippen LogP contribution in [0.4, 0.5) is 9.18 Å². The van der Waals surface area contributed by atoms with Crippen LogP contribution in [0.2, 0.25) is 0 Å². The first-order valence-electron chi connectivity index (χ1n) is 9.55. The van der Waals surface area contributed by atoms with Crippen molar-refractivity contribution in [3.05, 3.63) is 47.2 Å².